The minimum absolute atomic E-state index is 0.102. The van der Waals surface area contributed by atoms with Crippen molar-refractivity contribution in [3.05, 3.63) is 83.2 Å². The van der Waals surface area contributed by atoms with Crippen LogP contribution in [0.25, 0.3) is 0 Å². The molecule has 0 spiro atoms. The number of carboxylic acid groups (broad SMARTS) is 1. The highest BCUT2D eigenvalue weighted by Crippen LogP contribution is 2.31. The third-order valence-electron chi connectivity index (χ3n) is 6.17. The van der Waals surface area contributed by atoms with E-state index >= 15 is 0 Å². The number of aromatic nitrogens is 1. The molecule has 1 aromatic heterocycles. The number of nitrogens with one attached hydrogen (secondary N) is 2. The van der Waals surface area contributed by atoms with Crippen LogP contribution in [-0.2, 0) is 6.42 Å². The van der Waals surface area contributed by atoms with Crippen molar-refractivity contribution >= 4 is 23.0 Å². The molecule has 3 N–H and O–H groups in total. The molecule has 0 saturated heterocycles. The maximum atomic E-state index is 11.5. The van der Waals surface area contributed by atoms with Crippen LogP contribution >= 0.6 is 0 Å². The SMILES string of the molecule is CC(C)c1ccc(N(C)c2ccc3c(c2)CCN[C@@H]3CNc2cnccc2C(=O)O)cc1. The van der Waals surface area contributed by atoms with E-state index in [9.17, 15) is 9.90 Å². The van der Waals surface area contributed by atoms with Gasteiger partial charge >= 0.3 is 5.97 Å². The Balaban J connectivity index is 1.51. The molecule has 0 radical (unpaired) electrons. The van der Waals surface area contributed by atoms with Gasteiger partial charge in [-0.1, -0.05) is 32.0 Å². The lowest BCUT2D eigenvalue weighted by atomic mass is 9.93. The van der Waals surface area contributed by atoms with Gasteiger partial charge in [0, 0.05) is 37.2 Å². The van der Waals surface area contributed by atoms with Gasteiger partial charge in [0.1, 0.15) is 0 Å². The molecule has 3 aromatic rings. The predicted molar refractivity (Wildman–Crippen MR) is 129 cm³/mol. The molecule has 0 aliphatic carbocycles. The lowest BCUT2D eigenvalue weighted by molar-refractivity contribution is 0.0697. The van der Waals surface area contributed by atoms with E-state index in [4.69, 9.17) is 0 Å². The second-order valence-corrected chi connectivity index (χ2v) is 8.55. The van der Waals surface area contributed by atoms with E-state index in [1.165, 1.54) is 34.6 Å². The summed E-state index contributed by atoms with van der Waals surface area (Å²) in [4.78, 5) is 17.7. The van der Waals surface area contributed by atoms with Crippen LogP contribution in [0.2, 0.25) is 0 Å². The molecule has 2 heterocycles. The zero-order valence-corrected chi connectivity index (χ0v) is 18.8. The second kappa shape index (κ2) is 9.40. The highest BCUT2D eigenvalue weighted by Gasteiger charge is 2.21. The van der Waals surface area contributed by atoms with Gasteiger partial charge in [0.25, 0.3) is 0 Å². The molecule has 1 aliphatic rings. The van der Waals surface area contributed by atoms with Crippen LogP contribution in [0.15, 0.2) is 60.9 Å². The van der Waals surface area contributed by atoms with Gasteiger partial charge in [-0.15, -0.1) is 0 Å². The maximum Gasteiger partial charge on any atom is 0.337 e. The highest BCUT2D eigenvalue weighted by atomic mass is 16.4. The Morgan fingerprint density at radius 1 is 1.19 bits per heavy atom. The number of fused-ring (bicyclic) bond motifs is 1. The van der Waals surface area contributed by atoms with Crippen LogP contribution < -0.4 is 15.5 Å². The molecule has 166 valence electrons. The van der Waals surface area contributed by atoms with Crippen molar-refractivity contribution in [3.8, 4) is 0 Å². The Hall–Kier alpha value is -3.38. The molecule has 1 aliphatic heterocycles. The zero-order chi connectivity index (χ0) is 22.7. The van der Waals surface area contributed by atoms with E-state index in [1.807, 2.05) is 0 Å². The first-order chi connectivity index (χ1) is 15.4. The minimum atomic E-state index is -0.957. The van der Waals surface area contributed by atoms with Gasteiger partial charge in [0.15, 0.2) is 0 Å². The number of rotatable bonds is 7. The van der Waals surface area contributed by atoms with Gasteiger partial charge in [-0.25, -0.2) is 4.79 Å². The number of hydrogen-bond donors (Lipinski definition) is 3. The fourth-order valence-electron chi connectivity index (χ4n) is 4.20. The minimum Gasteiger partial charge on any atom is -0.478 e. The van der Waals surface area contributed by atoms with Gasteiger partial charge in [-0.05, 0) is 65.9 Å². The Labute approximate surface area is 189 Å². The number of carbonyl (C=O) groups is 1. The largest absolute Gasteiger partial charge is 0.478 e. The number of pyridine rings is 1. The van der Waals surface area contributed by atoms with Crippen molar-refractivity contribution in [2.75, 3.05) is 30.4 Å². The average Bonchev–Trinajstić information content (AvgIpc) is 2.82. The van der Waals surface area contributed by atoms with Gasteiger partial charge in [-0.2, -0.15) is 0 Å². The number of hydrogen-bond acceptors (Lipinski definition) is 5. The molecule has 6 heteroatoms. The zero-order valence-electron chi connectivity index (χ0n) is 18.8. The van der Waals surface area contributed by atoms with E-state index < -0.39 is 5.97 Å². The van der Waals surface area contributed by atoms with Gasteiger partial charge in [0.2, 0.25) is 0 Å². The van der Waals surface area contributed by atoms with E-state index in [2.05, 4.69) is 83.9 Å². The first-order valence-corrected chi connectivity index (χ1v) is 11.0. The van der Waals surface area contributed by atoms with Crippen molar-refractivity contribution in [1.82, 2.24) is 10.3 Å². The second-order valence-electron chi connectivity index (χ2n) is 8.55. The Kier molecular flexibility index (Phi) is 6.42. The molecule has 0 saturated carbocycles. The molecule has 1 atom stereocenters. The number of anilines is 3. The summed E-state index contributed by atoms with van der Waals surface area (Å²) in [7, 11) is 2.10. The summed E-state index contributed by atoms with van der Waals surface area (Å²) in [5.74, 6) is -0.435. The van der Waals surface area contributed by atoms with Crippen molar-refractivity contribution in [1.29, 1.82) is 0 Å². The normalized spacial score (nSPS) is 15.3. The smallest absolute Gasteiger partial charge is 0.337 e. The van der Waals surface area contributed by atoms with E-state index in [-0.39, 0.29) is 11.6 Å². The fraction of sp³-hybridized carbons (Fsp3) is 0.308. The molecule has 2 aromatic carbocycles. The van der Waals surface area contributed by atoms with Crippen molar-refractivity contribution in [2.45, 2.75) is 32.2 Å². The Morgan fingerprint density at radius 3 is 2.66 bits per heavy atom. The highest BCUT2D eigenvalue weighted by molar-refractivity contribution is 5.93. The summed E-state index contributed by atoms with van der Waals surface area (Å²) in [5, 5.41) is 16.2. The van der Waals surface area contributed by atoms with Gasteiger partial charge < -0.3 is 20.6 Å². The monoisotopic (exact) mass is 430 g/mol. The number of nitrogens with zero attached hydrogens (tertiary/aromatic N) is 2. The van der Waals surface area contributed by atoms with Crippen LogP contribution in [-0.4, -0.2) is 36.2 Å². The van der Waals surface area contributed by atoms with E-state index in [1.54, 1.807) is 6.20 Å². The summed E-state index contributed by atoms with van der Waals surface area (Å²) in [6, 6.07) is 17.0. The van der Waals surface area contributed by atoms with Crippen LogP contribution in [0.3, 0.4) is 0 Å². The quantitative estimate of drug-likeness (QED) is 0.491. The molecule has 6 nitrogen and oxygen atoms in total. The van der Waals surface area contributed by atoms with Crippen molar-refractivity contribution in [2.24, 2.45) is 0 Å². The molecule has 4 rings (SSSR count). The molecule has 0 unspecified atom stereocenters. The van der Waals surface area contributed by atoms with Gasteiger partial charge in [0.05, 0.1) is 17.4 Å². The predicted octanol–water partition coefficient (Wildman–Crippen LogP) is 4.97. The standard InChI is InChI=1S/C26H30N4O2/c1-17(2)18-4-6-20(7-5-18)30(3)21-8-9-22-19(14-21)10-13-28-25(22)16-29-24-15-27-12-11-23(24)26(31)32/h4-9,11-12,14-15,17,25,28-29H,10,13,16H2,1-3H3,(H,31,32)/t25-/m1/s1. The van der Waals surface area contributed by atoms with Crippen LogP contribution in [0.4, 0.5) is 17.1 Å². The number of benzene rings is 2. The Morgan fingerprint density at radius 2 is 1.94 bits per heavy atom. The van der Waals surface area contributed by atoms with Crippen molar-refractivity contribution in [3.63, 3.8) is 0 Å². The first kappa shape index (κ1) is 21.8. The molecule has 0 amide bonds. The molecular weight excluding hydrogens is 400 g/mol. The van der Waals surface area contributed by atoms with Crippen LogP contribution in [0.5, 0.6) is 0 Å². The van der Waals surface area contributed by atoms with E-state index in [0.717, 1.165) is 18.7 Å². The molecular formula is C26H30N4O2. The first-order valence-electron chi connectivity index (χ1n) is 11.0. The fourth-order valence-corrected chi connectivity index (χ4v) is 4.20. The van der Waals surface area contributed by atoms with Crippen molar-refractivity contribution < 1.29 is 9.90 Å². The van der Waals surface area contributed by atoms with Gasteiger partial charge in [-0.3, -0.25) is 4.98 Å². The number of carboxylic acids is 1. The molecule has 0 fully saturated rings. The lowest BCUT2D eigenvalue weighted by Crippen LogP contribution is -2.34. The average molecular weight is 431 g/mol. The summed E-state index contributed by atoms with van der Waals surface area (Å²) >= 11 is 0. The summed E-state index contributed by atoms with van der Waals surface area (Å²) in [5.41, 5.74) is 7.01. The third kappa shape index (κ3) is 4.60. The Bertz CT molecular complexity index is 1100. The maximum absolute atomic E-state index is 11.5. The van der Waals surface area contributed by atoms with Crippen LogP contribution in [0, 0.1) is 0 Å². The molecule has 0 bridgehead atoms. The summed E-state index contributed by atoms with van der Waals surface area (Å²) in [6.45, 7) is 5.88. The number of aromatic carboxylic acids is 1. The van der Waals surface area contributed by atoms with Crippen LogP contribution in [0.1, 0.15) is 52.9 Å². The molecule has 32 heavy (non-hydrogen) atoms. The topological polar surface area (TPSA) is 77.5 Å². The summed E-state index contributed by atoms with van der Waals surface area (Å²) < 4.78 is 0. The summed E-state index contributed by atoms with van der Waals surface area (Å²) in [6.07, 6.45) is 4.03. The third-order valence-corrected chi connectivity index (χ3v) is 6.17. The van der Waals surface area contributed by atoms with E-state index in [0.29, 0.717) is 18.2 Å². The lowest BCUT2D eigenvalue weighted by Gasteiger charge is -2.29.